The lowest BCUT2D eigenvalue weighted by Gasteiger charge is -2.29. The van der Waals surface area contributed by atoms with E-state index in [0.29, 0.717) is 31.6 Å². The van der Waals surface area contributed by atoms with Crippen LogP contribution in [-0.4, -0.2) is 21.7 Å². The summed E-state index contributed by atoms with van der Waals surface area (Å²) in [6.45, 7) is 5.89. The first-order valence-electron chi connectivity index (χ1n) is 7.67. The van der Waals surface area contributed by atoms with E-state index in [1.54, 1.807) is 10.8 Å². The van der Waals surface area contributed by atoms with Crippen LogP contribution in [0.3, 0.4) is 0 Å². The Balaban J connectivity index is 1.97. The molecule has 5 heteroatoms. The first-order chi connectivity index (χ1) is 9.63. The van der Waals surface area contributed by atoms with Crippen molar-refractivity contribution >= 4 is 0 Å². The van der Waals surface area contributed by atoms with Crippen molar-refractivity contribution < 1.29 is 0 Å². The van der Waals surface area contributed by atoms with Gasteiger partial charge >= 0.3 is 5.69 Å². The highest BCUT2D eigenvalue weighted by molar-refractivity contribution is 4.86. The molecular weight excluding hydrogens is 254 g/mol. The van der Waals surface area contributed by atoms with Crippen molar-refractivity contribution in [1.82, 2.24) is 14.5 Å². The molecule has 1 aliphatic rings. The second kappa shape index (κ2) is 6.88. The Morgan fingerprint density at radius 1 is 1.30 bits per heavy atom. The van der Waals surface area contributed by atoms with Gasteiger partial charge in [0.05, 0.1) is 0 Å². The largest absolute Gasteiger partial charge is 0.330 e. The molecule has 2 rings (SSSR count). The monoisotopic (exact) mass is 279 g/mol. The number of hydrogen-bond donors (Lipinski definition) is 1. The van der Waals surface area contributed by atoms with Crippen LogP contribution in [0.1, 0.15) is 39.5 Å². The Morgan fingerprint density at radius 2 is 2.05 bits per heavy atom. The molecule has 1 aromatic rings. The van der Waals surface area contributed by atoms with E-state index in [9.17, 15) is 9.59 Å². The van der Waals surface area contributed by atoms with Crippen LogP contribution in [0, 0.1) is 5.92 Å². The van der Waals surface area contributed by atoms with Crippen molar-refractivity contribution in [3.8, 4) is 0 Å². The standard InChI is InChI=1S/C15H25N3O2/c1-3-17-10-8-14(19)18(15(17)20)11-9-16-13-7-5-4-6-12(13)2/h8,10,12-13,16H,3-7,9,11H2,1-2H3. The molecule has 0 amide bonds. The fraction of sp³-hybridized carbons (Fsp3) is 0.733. The minimum absolute atomic E-state index is 0.210. The molecule has 0 aliphatic heterocycles. The number of rotatable bonds is 5. The molecule has 0 saturated heterocycles. The topological polar surface area (TPSA) is 56.0 Å². The third-order valence-corrected chi connectivity index (χ3v) is 4.33. The smallest absolute Gasteiger partial charge is 0.312 e. The second-order valence-electron chi connectivity index (χ2n) is 5.70. The molecule has 20 heavy (non-hydrogen) atoms. The van der Waals surface area contributed by atoms with Gasteiger partial charge < -0.3 is 9.88 Å². The summed E-state index contributed by atoms with van der Waals surface area (Å²) in [4.78, 5) is 23.8. The van der Waals surface area contributed by atoms with Crippen molar-refractivity contribution in [2.24, 2.45) is 5.92 Å². The van der Waals surface area contributed by atoms with Crippen molar-refractivity contribution in [3.05, 3.63) is 33.1 Å². The number of aryl methyl sites for hydroxylation is 1. The van der Waals surface area contributed by atoms with Gasteiger partial charge in [0, 0.05) is 37.9 Å². The summed E-state index contributed by atoms with van der Waals surface area (Å²) in [5.41, 5.74) is -0.420. The van der Waals surface area contributed by atoms with Crippen LogP contribution in [0.5, 0.6) is 0 Å². The molecule has 1 aromatic heterocycles. The first-order valence-corrected chi connectivity index (χ1v) is 7.67. The number of aromatic nitrogens is 2. The molecule has 1 heterocycles. The van der Waals surface area contributed by atoms with Gasteiger partial charge in [-0.25, -0.2) is 4.79 Å². The van der Waals surface area contributed by atoms with E-state index >= 15 is 0 Å². The van der Waals surface area contributed by atoms with Crippen LogP contribution in [0.4, 0.5) is 0 Å². The molecule has 1 saturated carbocycles. The first kappa shape index (κ1) is 15.0. The van der Waals surface area contributed by atoms with E-state index in [4.69, 9.17) is 0 Å². The maximum absolute atomic E-state index is 12.1. The van der Waals surface area contributed by atoms with E-state index in [2.05, 4.69) is 12.2 Å². The normalized spacial score (nSPS) is 22.9. The Labute approximate surface area is 119 Å². The number of nitrogens with zero attached hydrogens (tertiary/aromatic N) is 2. The number of hydrogen-bond acceptors (Lipinski definition) is 3. The van der Waals surface area contributed by atoms with Crippen molar-refractivity contribution in [2.45, 2.75) is 58.7 Å². The molecular formula is C15H25N3O2. The molecule has 2 atom stereocenters. The summed E-state index contributed by atoms with van der Waals surface area (Å²) in [7, 11) is 0. The summed E-state index contributed by atoms with van der Waals surface area (Å²) in [6, 6.07) is 1.99. The molecule has 112 valence electrons. The molecule has 0 bridgehead atoms. The maximum atomic E-state index is 12.1. The maximum Gasteiger partial charge on any atom is 0.330 e. The zero-order valence-corrected chi connectivity index (χ0v) is 12.5. The van der Waals surface area contributed by atoms with Crippen LogP contribution in [-0.2, 0) is 13.1 Å². The average Bonchev–Trinajstić information content (AvgIpc) is 2.44. The van der Waals surface area contributed by atoms with E-state index in [-0.39, 0.29) is 11.2 Å². The van der Waals surface area contributed by atoms with E-state index in [1.165, 1.54) is 36.3 Å². The Morgan fingerprint density at radius 3 is 2.75 bits per heavy atom. The van der Waals surface area contributed by atoms with E-state index in [0.717, 1.165) is 0 Å². The molecule has 1 fully saturated rings. The van der Waals surface area contributed by atoms with Gasteiger partial charge in [0.2, 0.25) is 0 Å². The minimum atomic E-state index is -0.210. The van der Waals surface area contributed by atoms with Crippen LogP contribution < -0.4 is 16.6 Å². The highest BCUT2D eigenvalue weighted by Crippen LogP contribution is 2.23. The van der Waals surface area contributed by atoms with Gasteiger partial charge in [-0.2, -0.15) is 0 Å². The summed E-state index contributed by atoms with van der Waals surface area (Å²) < 4.78 is 2.88. The quantitative estimate of drug-likeness (QED) is 0.881. The van der Waals surface area contributed by atoms with Gasteiger partial charge in [-0.3, -0.25) is 9.36 Å². The van der Waals surface area contributed by atoms with Crippen LogP contribution in [0.25, 0.3) is 0 Å². The van der Waals surface area contributed by atoms with E-state index < -0.39 is 0 Å². The minimum Gasteiger partial charge on any atom is -0.312 e. The molecule has 0 radical (unpaired) electrons. The lowest BCUT2D eigenvalue weighted by molar-refractivity contribution is 0.277. The third kappa shape index (κ3) is 3.39. The fourth-order valence-corrected chi connectivity index (χ4v) is 2.98. The second-order valence-corrected chi connectivity index (χ2v) is 5.70. The zero-order chi connectivity index (χ0) is 14.5. The predicted octanol–water partition coefficient (Wildman–Crippen LogP) is 1.20. The molecule has 2 unspecified atom stereocenters. The number of nitrogens with one attached hydrogen (secondary N) is 1. The lowest BCUT2D eigenvalue weighted by atomic mass is 9.86. The summed E-state index contributed by atoms with van der Waals surface area (Å²) in [5.74, 6) is 0.684. The Bertz CT molecular complexity index is 547. The van der Waals surface area contributed by atoms with Crippen molar-refractivity contribution in [3.63, 3.8) is 0 Å². The Hall–Kier alpha value is -1.36. The van der Waals surface area contributed by atoms with E-state index in [1.807, 2.05) is 6.92 Å². The van der Waals surface area contributed by atoms with Crippen molar-refractivity contribution in [2.75, 3.05) is 6.54 Å². The molecule has 5 nitrogen and oxygen atoms in total. The summed E-state index contributed by atoms with van der Waals surface area (Å²) >= 11 is 0. The summed E-state index contributed by atoms with van der Waals surface area (Å²) in [6.07, 6.45) is 6.63. The Kier molecular flexibility index (Phi) is 5.17. The van der Waals surface area contributed by atoms with Crippen LogP contribution in [0.15, 0.2) is 21.9 Å². The predicted molar refractivity (Wildman–Crippen MR) is 80.1 cm³/mol. The van der Waals surface area contributed by atoms with Gasteiger partial charge in [-0.15, -0.1) is 0 Å². The molecule has 0 spiro atoms. The van der Waals surface area contributed by atoms with Gasteiger partial charge in [0.15, 0.2) is 0 Å². The highest BCUT2D eigenvalue weighted by atomic mass is 16.2. The van der Waals surface area contributed by atoms with Crippen LogP contribution in [0.2, 0.25) is 0 Å². The fourth-order valence-electron chi connectivity index (χ4n) is 2.98. The SMILES string of the molecule is CCn1ccc(=O)n(CCNC2CCCCC2C)c1=O. The molecule has 1 N–H and O–H groups in total. The van der Waals surface area contributed by atoms with Gasteiger partial charge in [-0.1, -0.05) is 19.8 Å². The van der Waals surface area contributed by atoms with Crippen molar-refractivity contribution in [1.29, 1.82) is 0 Å². The lowest BCUT2D eigenvalue weighted by Crippen LogP contribution is -2.44. The third-order valence-electron chi connectivity index (χ3n) is 4.33. The van der Waals surface area contributed by atoms with Crippen LogP contribution >= 0.6 is 0 Å². The van der Waals surface area contributed by atoms with Gasteiger partial charge in [0.25, 0.3) is 5.56 Å². The highest BCUT2D eigenvalue weighted by Gasteiger charge is 2.20. The van der Waals surface area contributed by atoms with Gasteiger partial charge in [0.1, 0.15) is 0 Å². The molecule has 0 aromatic carbocycles. The van der Waals surface area contributed by atoms with Gasteiger partial charge in [-0.05, 0) is 25.7 Å². The molecule has 1 aliphatic carbocycles. The average molecular weight is 279 g/mol. The zero-order valence-electron chi connectivity index (χ0n) is 12.5. The summed E-state index contributed by atoms with van der Waals surface area (Å²) in [5, 5.41) is 3.50.